The first-order chi connectivity index (χ1) is 8.56. The molecular weight excluding hydrogens is 224 g/mol. The summed E-state index contributed by atoms with van der Waals surface area (Å²) < 4.78 is 0. The number of carbonyl (C=O) groups is 1. The van der Waals surface area contributed by atoms with Crippen LogP contribution in [0.15, 0.2) is 0 Å². The molecule has 3 nitrogen and oxygen atoms in total. The van der Waals surface area contributed by atoms with Crippen molar-refractivity contribution in [2.75, 3.05) is 0 Å². The SMILES string of the molecule is CC(C)C1CCC(NC(=O)C2CCC(N)C2)CC1. The van der Waals surface area contributed by atoms with Gasteiger partial charge in [-0.1, -0.05) is 13.8 Å². The molecule has 3 heteroatoms. The molecule has 2 unspecified atom stereocenters. The second-order valence-corrected chi connectivity index (χ2v) is 6.63. The van der Waals surface area contributed by atoms with E-state index >= 15 is 0 Å². The van der Waals surface area contributed by atoms with Crippen LogP contribution >= 0.6 is 0 Å². The van der Waals surface area contributed by atoms with Crippen molar-refractivity contribution in [2.24, 2.45) is 23.5 Å². The number of carbonyl (C=O) groups excluding carboxylic acids is 1. The summed E-state index contributed by atoms with van der Waals surface area (Å²) in [5.41, 5.74) is 5.87. The van der Waals surface area contributed by atoms with E-state index < -0.39 is 0 Å². The maximum absolute atomic E-state index is 12.1. The summed E-state index contributed by atoms with van der Waals surface area (Å²) in [6.07, 6.45) is 7.74. The van der Waals surface area contributed by atoms with Gasteiger partial charge in [0.1, 0.15) is 0 Å². The van der Waals surface area contributed by atoms with Crippen LogP contribution in [-0.4, -0.2) is 18.0 Å². The topological polar surface area (TPSA) is 55.1 Å². The van der Waals surface area contributed by atoms with E-state index in [0.29, 0.717) is 6.04 Å². The van der Waals surface area contributed by atoms with Crippen molar-refractivity contribution in [3.05, 3.63) is 0 Å². The normalized spacial score (nSPS) is 36.9. The highest BCUT2D eigenvalue weighted by atomic mass is 16.1. The zero-order valence-corrected chi connectivity index (χ0v) is 11.8. The fourth-order valence-corrected chi connectivity index (χ4v) is 3.50. The molecule has 0 aromatic heterocycles. The van der Waals surface area contributed by atoms with Crippen molar-refractivity contribution in [1.29, 1.82) is 0 Å². The van der Waals surface area contributed by atoms with E-state index in [-0.39, 0.29) is 17.9 Å². The standard InChI is InChI=1S/C15H28N2O/c1-10(2)11-4-7-14(8-5-11)17-15(18)12-3-6-13(16)9-12/h10-14H,3-9,16H2,1-2H3,(H,17,18). The van der Waals surface area contributed by atoms with Crippen LogP contribution in [-0.2, 0) is 4.79 Å². The third kappa shape index (κ3) is 3.47. The fourth-order valence-electron chi connectivity index (χ4n) is 3.50. The average molecular weight is 252 g/mol. The Morgan fingerprint density at radius 3 is 2.28 bits per heavy atom. The first-order valence-corrected chi connectivity index (χ1v) is 7.62. The van der Waals surface area contributed by atoms with Gasteiger partial charge in [-0.25, -0.2) is 0 Å². The second-order valence-electron chi connectivity index (χ2n) is 6.63. The Kier molecular flexibility index (Phi) is 4.66. The van der Waals surface area contributed by atoms with Crippen LogP contribution in [0.2, 0.25) is 0 Å². The molecule has 2 rings (SSSR count). The highest BCUT2D eigenvalue weighted by Gasteiger charge is 2.30. The van der Waals surface area contributed by atoms with Crippen LogP contribution in [0.4, 0.5) is 0 Å². The number of nitrogens with one attached hydrogen (secondary N) is 1. The molecule has 2 fully saturated rings. The summed E-state index contributed by atoms with van der Waals surface area (Å²) in [4.78, 5) is 12.1. The largest absolute Gasteiger partial charge is 0.353 e. The second kappa shape index (κ2) is 6.05. The van der Waals surface area contributed by atoms with Gasteiger partial charge in [-0.3, -0.25) is 4.79 Å². The molecule has 0 saturated heterocycles. The number of nitrogens with two attached hydrogens (primary N) is 1. The minimum atomic E-state index is 0.183. The van der Waals surface area contributed by atoms with Gasteiger partial charge in [0.2, 0.25) is 5.91 Å². The van der Waals surface area contributed by atoms with Crippen LogP contribution < -0.4 is 11.1 Å². The molecule has 104 valence electrons. The van der Waals surface area contributed by atoms with Gasteiger partial charge in [0, 0.05) is 18.0 Å². The Labute approximate surface area is 111 Å². The van der Waals surface area contributed by atoms with Gasteiger partial charge in [0.05, 0.1) is 0 Å². The first-order valence-electron chi connectivity index (χ1n) is 7.62. The van der Waals surface area contributed by atoms with Gasteiger partial charge in [-0.05, 0) is 56.8 Å². The van der Waals surface area contributed by atoms with Crippen LogP contribution in [0.25, 0.3) is 0 Å². The molecule has 18 heavy (non-hydrogen) atoms. The Balaban J connectivity index is 1.73. The number of hydrogen-bond donors (Lipinski definition) is 2. The summed E-state index contributed by atoms with van der Waals surface area (Å²) in [5.74, 6) is 2.09. The fraction of sp³-hybridized carbons (Fsp3) is 0.933. The molecule has 1 amide bonds. The van der Waals surface area contributed by atoms with Crippen molar-refractivity contribution in [2.45, 2.75) is 70.9 Å². The van der Waals surface area contributed by atoms with Gasteiger partial charge in [-0.2, -0.15) is 0 Å². The van der Waals surface area contributed by atoms with E-state index in [1.165, 1.54) is 12.8 Å². The van der Waals surface area contributed by atoms with Gasteiger partial charge in [-0.15, -0.1) is 0 Å². The van der Waals surface area contributed by atoms with E-state index in [1.54, 1.807) is 0 Å². The Morgan fingerprint density at radius 1 is 1.11 bits per heavy atom. The van der Waals surface area contributed by atoms with Crippen LogP contribution in [0.1, 0.15) is 58.8 Å². The third-order valence-corrected chi connectivity index (χ3v) is 4.91. The lowest BCUT2D eigenvalue weighted by molar-refractivity contribution is -0.125. The molecule has 2 atom stereocenters. The van der Waals surface area contributed by atoms with Gasteiger partial charge >= 0.3 is 0 Å². The van der Waals surface area contributed by atoms with Gasteiger partial charge in [0.15, 0.2) is 0 Å². The minimum absolute atomic E-state index is 0.183. The maximum atomic E-state index is 12.1. The van der Waals surface area contributed by atoms with Gasteiger partial charge < -0.3 is 11.1 Å². The predicted octanol–water partition coefficient (Wildman–Crippen LogP) is 2.44. The third-order valence-electron chi connectivity index (χ3n) is 4.91. The number of hydrogen-bond acceptors (Lipinski definition) is 2. The van der Waals surface area contributed by atoms with E-state index in [0.717, 1.165) is 43.9 Å². The molecule has 0 heterocycles. The smallest absolute Gasteiger partial charge is 0.223 e. The van der Waals surface area contributed by atoms with E-state index in [9.17, 15) is 4.79 Å². The monoisotopic (exact) mass is 252 g/mol. The molecule has 0 spiro atoms. The summed E-state index contributed by atoms with van der Waals surface area (Å²) in [6.45, 7) is 4.62. The van der Waals surface area contributed by atoms with Crippen molar-refractivity contribution < 1.29 is 4.79 Å². The highest BCUT2D eigenvalue weighted by Crippen LogP contribution is 2.30. The lowest BCUT2D eigenvalue weighted by atomic mass is 9.79. The minimum Gasteiger partial charge on any atom is -0.353 e. The average Bonchev–Trinajstić information content (AvgIpc) is 2.76. The summed E-state index contributed by atoms with van der Waals surface area (Å²) in [6, 6.07) is 0.668. The molecular formula is C15H28N2O. The molecule has 0 aromatic carbocycles. The molecule has 2 aliphatic rings. The quantitative estimate of drug-likeness (QED) is 0.810. The molecule has 2 aliphatic carbocycles. The molecule has 3 N–H and O–H groups in total. The maximum Gasteiger partial charge on any atom is 0.223 e. The summed E-state index contributed by atoms with van der Waals surface area (Å²) in [7, 11) is 0. The number of rotatable bonds is 3. The van der Waals surface area contributed by atoms with Crippen LogP contribution in [0, 0.1) is 17.8 Å². The summed E-state index contributed by atoms with van der Waals surface area (Å²) in [5, 5.41) is 3.25. The van der Waals surface area contributed by atoms with Crippen LogP contribution in [0.5, 0.6) is 0 Å². The van der Waals surface area contributed by atoms with Gasteiger partial charge in [0.25, 0.3) is 0 Å². The number of amides is 1. The summed E-state index contributed by atoms with van der Waals surface area (Å²) >= 11 is 0. The van der Waals surface area contributed by atoms with Crippen LogP contribution in [0.3, 0.4) is 0 Å². The van der Waals surface area contributed by atoms with Crippen molar-refractivity contribution in [3.63, 3.8) is 0 Å². The zero-order chi connectivity index (χ0) is 13.1. The Hall–Kier alpha value is -0.570. The molecule has 2 saturated carbocycles. The van der Waals surface area contributed by atoms with Crippen molar-refractivity contribution >= 4 is 5.91 Å². The van der Waals surface area contributed by atoms with E-state index in [4.69, 9.17) is 5.73 Å². The Morgan fingerprint density at radius 2 is 1.78 bits per heavy atom. The molecule has 0 bridgehead atoms. The first kappa shape index (κ1) is 13.9. The van der Waals surface area contributed by atoms with E-state index in [1.807, 2.05) is 0 Å². The molecule has 0 radical (unpaired) electrons. The molecule has 0 aromatic rings. The van der Waals surface area contributed by atoms with Crippen molar-refractivity contribution in [1.82, 2.24) is 5.32 Å². The predicted molar refractivity (Wildman–Crippen MR) is 74.0 cm³/mol. The Bertz CT molecular complexity index is 282. The molecule has 0 aliphatic heterocycles. The zero-order valence-electron chi connectivity index (χ0n) is 11.8. The lowest BCUT2D eigenvalue weighted by Crippen LogP contribution is -2.41. The van der Waals surface area contributed by atoms with E-state index in [2.05, 4.69) is 19.2 Å². The van der Waals surface area contributed by atoms with Crippen molar-refractivity contribution in [3.8, 4) is 0 Å². The lowest BCUT2D eigenvalue weighted by Gasteiger charge is -2.31. The highest BCUT2D eigenvalue weighted by molar-refractivity contribution is 5.79.